The summed E-state index contributed by atoms with van der Waals surface area (Å²) in [6.07, 6.45) is 0. The smallest absolute Gasteiger partial charge is 0.315 e. The Hall–Kier alpha value is -1.56. The first-order valence-corrected chi connectivity index (χ1v) is 6.84. The average molecular weight is 286 g/mol. The van der Waals surface area contributed by atoms with Gasteiger partial charge in [-0.1, -0.05) is 0 Å². The Labute approximate surface area is 115 Å². The van der Waals surface area contributed by atoms with Crippen molar-refractivity contribution in [1.29, 1.82) is 0 Å². The number of halogens is 1. The first-order valence-electron chi connectivity index (χ1n) is 5.68. The molecule has 0 bridgehead atoms. The largest absolute Gasteiger partial charge is 0.496 e. The fourth-order valence-corrected chi connectivity index (χ4v) is 2.10. The third-order valence-electron chi connectivity index (χ3n) is 2.22. The number of ketones is 1. The number of benzene rings is 1. The van der Waals surface area contributed by atoms with Crippen LogP contribution in [0.4, 0.5) is 4.39 Å². The number of thioether (sulfide) groups is 1. The molecule has 0 spiro atoms. The summed E-state index contributed by atoms with van der Waals surface area (Å²) in [4.78, 5) is 23.0. The van der Waals surface area contributed by atoms with Gasteiger partial charge in [0.2, 0.25) is 0 Å². The molecule has 1 rings (SSSR count). The van der Waals surface area contributed by atoms with Crippen molar-refractivity contribution in [2.24, 2.45) is 0 Å². The van der Waals surface area contributed by atoms with E-state index in [1.165, 1.54) is 19.2 Å². The van der Waals surface area contributed by atoms with E-state index in [1.807, 2.05) is 0 Å². The van der Waals surface area contributed by atoms with E-state index in [9.17, 15) is 14.0 Å². The molecule has 0 unspecified atom stereocenters. The van der Waals surface area contributed by atoms with Crippen LogP contribution in [-0.4, -0.2) is 37.0 Å². The van der Waals surface area contributed by atoms with Crippen LogP contribution in [-0.2, 0) is 9.53 Å². The van der Waals surface area contributed by atoms with Crippen molar-refractivity contribution in [2.75, 3.05) is 25.2 Å². The highest BCUT2D eigenvalue weighted by atomic mass is 32.2. The zero-order valence-electron chi connectivity index (χ0n) is 10.8. The summed E-state index contributed by atoms with van der Waals surface area (Å²) in [6, 6.07) is 3.76. The van der Waals surface area contributed by atoms with Crippen LogP contribution in [0.15, 0.2) is 18.2 Å². The number of carbonyl (C=O) groups excluding carboxylic acids is 2. The molecule has 0 N–H and O–H groups in total. The number of carbonyl (C=O) groups is 2. The molecular weight excluding hydrogens is 271 g/mol. The monoisotopic (exact) mass is 286 g/mol. The Morgan fingerprint density at radius 3 is 2.68 bits per heavy atom. The van der Waals surface area contributed by atoms with Crippen LogP contribution in [0.5, 0.6) is 5.75 Å². The maximum Gasteiger partial charge on any atom is 0.315 e. The Balaban J connectivity index is 2.58. The molecule has 0 saturated carbocycles. The number of Topliss-reactive ketones (excluding diaryl/α,β-unsaturated/α-hetero) is 1. The Bertz CT molecular complexity index is 462. The van der Waals surface area contributed by atoms with Gasteiger partial charge in [0.05, 0.1) is 30.8 Å². The van der Waals surface area contributed by atoms with Crippen molar-refractivity contribution < 1.29 is 23.5 Å². The van der Waals surface area contributed by atoms with Crippen LogP contribution in [0, 0.1) is 5.82 Å². The van der Waals surface area contributed by atoms with Gasteiger partial charge >= 0.3 is 5.97 Å². The molecule has 4 nitrogen and oxygen atoms in total. The number of ether oxygens (including phenoxy) is 2. The first kappa shape index (κ1) is 15.5. The lowest BCUT2D eigenvalue weighted by Crippen LogP contribution is -2.11. The standard InChI is InChI=1S/C13H15FO4S/c1-3-18-13(16)8-19-7-11(15)10-6-9(14)4-5-12(10)17-2/h4-6H,3,7-8H2,1-2H3. The highest BCUT2D eigenvalue weighted by molar-refractivity contribution is 8.00. The fourth-order valence-electron chi connectivity index (χ4n) is 1.41. The Kier molecular flexibility index (Phi) is 6.35. The molecule has 0 aliphatic heterocycles. The van der Waals surface area contributed by atoms with Gasteiger partial charge in [0.15, 0.2) is 5.78 Å². The zero-order chi connectivity index (χ0) is 14.3. The lowest BCUT2D eigenvalue weighted by molar-refractivity contribution is -0.139. The quantitative estimate of drug-likeness (QED) is 0.568. The molecule has 0 aliphatic carbocycles. The second-order valence-corrected chi connectivity index (χ2v) is 4.55. The van der Waals surface area contributed by atoms with Gasteiger partial charge in [0.25, 0.3) is 0 Å². The molecule has 19 heavy (non-hydrogen) atoms. The van der Waals surface area contributed by atoms with Crippen molar-refractivity contribution in [1.82, 2.24) is 0 Å². The summed E-state index contributed by atoms with van der Waals surface area (Å²) >= 11 is 1.13. The summed E-state index contributed by atoms with van der Waals surface area (Å²) in [5, 5.41) is 0. The van der Waals surface area contributed by atoms with Crippen LogP contribution in [0.3, 0.4) is 0 Å². The normalized spacial score (nSPS) is 10.1. The second-order valence-electron chi connectivity index (χ2n) is 3.57. The van der Waals surface area contributed by atoms with Crippen molar-refractivity contribution in [3.63, 3.8) is 0 Å². The van der Waals surface area contributed by atoms with E-state index in [-0.39, 0.29) is 28.8 Å². The number of hydrogen-bond acceptors (Lipinski definition) is 5. The first-order chi connectivity index (χ1) is 9.08. The minimum Gasteiger partial charge on any atom is -0.496 e. The molecule has 0 atom stereocenters. The number of rotatable bonds is 7. The lowest BCUT2D eigenvalue weighted by Gasteiger charge is -2.07. The number of methoxy groups -OCH3 is 1. The summed E-state index contributed by atoms with van der Waals surface area (Å²) in [5.41, 5.74) is 0.179. The molecule has 1 aromatic carbocycles. The molecule has 0 radical (unpaired) electrons. The summed E-state index contributed by atoms with van der Waals surface area (Å²) in [7, 11) is 1.41. The van der Waals surface area contributed by atoms with E-state index >= 15 is 0 Å². The molecule has 0 amide bonds. The van der Waals surface area contributed by atoms with Gasteiger partial charge in [0, 0.05) is 0 Å². The van der Waals surface area contributed by atoms with E-state index in [0.717, 1.165) is 17.8 Å². The van der Waals surface area contributed by atoms with Crippen molar-refractivity contribution in [3.05, 3.63) is 29.6 Å². The van der Waals surface area contributed by atoms with Crippen LogP contribution >= 0.6 is 11.8 Å². The fraction of sp³-hybridized carbons (Fsp3) is 0.385. The summed E-state index contributed by atoms with van der Waals surface area (Å²) in [5.74, 6) is -0.671. The van der Waals surface area contributed by atoms with Crippen LogP contribution in [0.2, 0.25) is 0 Å². The molecule has 6 heteroatoms. The lowest BCUT2D eigenvalue weighted by atomic mass is 10.1. The zero-order valence-corrected chi connectivity index (χ0v) is 11.6. The molecule has 0 saturated heterocycles. The Morgan fingerprint density at radius 2 is 2.05 bits per heavy atom. The third kappa shape index (κ3) is 4.90. The van der Waals surface area contributed by atoms with Crippen molar-refractivity contribution in [3.8, 4) is 5.75 Å². The van der Waals surface area contributed by atoms with Crippen LogP contribution in [0.1, 0.15) is 17.3 Å². The van der Waals surface area contributed by atoms with E-state index in [4.69, 9.17) is 9.47 Å². The predicted octanol–water partition coefficient (Wildman–Crippen LogP) is 2.31. The van der Waals surface area contributed by atoms with Gasteiger partial charge in [0.1, 0.15) is 11.6 Å². The molecular formula is C13H15FO4S. The van der Waals surface area contributed by atoms with Gasteiger partial charge in [-0.15, -0.1) is 11.8 Å². The Morgan fingerprint density at radius 1 is 1.32 bits per heavy atom. The molecule has 1 aromatic rings. The highest BCUT2D eigenvalue weighted by Gasteiger charge is 2.14. The van der Waals surface area contributed by atoms with Crippen molar-refractivity contribution in [2.45, 2.75) is 6.92 Å². The van der Waals surface area contributed by atoms with Gasteiger partial charge in [-0.25, -0.2) is 4.39 Å². The van der Waals surface area contributed by atoms with Gasteiger partial charge < -0.3 is 9.47 Å². The SMILES string of the molecule is CCOC(=O)CSCC(=O)c1cc(F)ccc1OC. The molecule has 0 aliphatic rings. The number of esters is 1. The maximum absolute atomic E-state index is 13.1. The van der Waals surface area contributed by atoms with Gasteiger partial charge in [-0.2, -0.15) is 0 Å². The topological polar surface area (TPSA) is 52.6 Å². The minimum atomic E-state index is -0.500. The van der Waals surface area contributed by atoms with E-state index in [0.29, 0.717) is 12.4 Å². The third-order valence-corrected chi connectivity index (χ3v) is 3.13. The summed E-state index contributed by atoms with van der Waals surface area (Å²) < 4.78 is 22.8. The van der Waals surface area contributed by atoms with E-state index < -0.39 is 5.82 Å². The summed E-state index contributed by atoms with van der Waals surface area (Å²) in [6.45, 7) is 2.02. The van der Waals surface area contributed by atoms with E-state index in [2.05, 4.69) is 0 Å². The molecule has 0 aromatic heterocycles. The molecule has 0 fully saturated rings. The highest BCUT2D eigenvalue weighted by Crippen LogP contribution is 2.21. The number of hydrogen-bond donors (Lipinski definition) is 0. The molecule has 104 valence electrons. The van der Waals surface area contributed by atoms with Crippen molar-refractivity contribution >= 4 is 23.5 Å². The maximum atomic E-state index is 13.1. The second kappa shape index (κ2) is 7.78. The average Bonchev–Trinajstić information content (AvgIpc) is 2.38. The predicted molar refractivity (Wildman–Crippen MR) is 71.2 cm³/mol. The molecule has 0 heterocycles. The van der Waals surface area contributed by atoms with Crippen LogP contribution < -0.4 is 4.74 Å². The van der Waals surface area contributed by atoms with Gasteiger partial charge in [-0.3, -0.25) is 9.59 Å². The van der Waals surface area contributed by atoms with E-state index in [1.54, 1.807) is 6.92 Å². The minimum absolute atomic E-state index is 0.0681. The van der Waals surface area contributed by atoms with Gasteiger partial charge in [-0.05, 0) is 25.1 Å². The van der Waals surface area contributed by atoms with Crippen LogP contribution in [0.25, 0.3) is 0 Å².